The molecular weight excluding hydrogens is 490 g/mol. The maximum absolute atomic E-state index is 9.06. The summed E-state index contributed by atoms with van der Waals surface area (Å²) in [6.45, 7) is 0. The number of nitriles is 1. The highest BCUT2D eigenvalue weighted by molar-refractivity contribution is 6.25. The normalized spacial score (nSPS) is 11.5. The van der Waals surface area contributed by atoms with Crippen molar-refractivity contribution >= 4 is 43.9 Å². The van der Waals surface area contributed by atoms with E-state index in [-0.39, 0.29) is 0 Å². The van der Waals surface area contributed by atoms with Crippen LogP contribution in [0.1, 0.15) is 5.56 Å². The van der Waals surface area contributed by atoms with Crippen LogP contribution in [-0.4, -0.2) is 0 Å². The Labute approximate surface area is 230 Å². The molecule has 0 aliphatic rings. The van der Waals surface area contributed by atoms with Crippen molar-refractivity contribution in [3.05, 3.63) is 133 Å². The number of hydrogen-bond acceptors (Lipinski definition) is 3. The SMILES string of the molecule is N#Cc1ccc(-c2ccc(-c3ccc(-c4cc5c6ccccc6oc5c5c4oc4ccccc45)cc3)cc2)cc1. The Morgan fingerprint density at radius 1 is 0.450 bits per heavy atom. The highest BCUT2D eigenvalue weighted by atomic mass is 16.3. The first-order valence-corrected chi connectivity index (χ1v) is 13.2. The molecule has 8 aromatic rings. The average Bonchev–Trinajstić information content (AvgIpc) is 3.59. The number of nitrogens with zero attached hydrogens (tertiary/aromatic N) is 1. The predicted molar refractivity (Wildman–Crippen MR) is 162 cm³/mol. The van der Waals surface area contributed by atoms with E-state index in [0.29, 0.717) is 5.56 Å². The first kappa shape index (κ1) is 22.4. The molecule has 0 saturated carbocycles. The second-order valence-electron chi connectivity index (χ2n) is 10.0. The third kappa shape index (κ3) is 3.44. The van der Waals surface area contributed by atoms with Crippen molar-refractivity contribution in [2.45, 2.75) is 0 Å². The second-order valence-corrected chi connectivity index (χ2v) is 10.0. The largest absolute Gasteiger partial charge is 0.455 e. The van der Waals surface area contributed by atoms with E-state index in [1.807, 2.05) is 54.6 Å². The van der Waals surface area contributed by atoms with E-state index >= 15 is 0 Å². The van der Waals surface area contributed by atoms with Crippen LogP contribution in [0.5, 0.6) is 0 Å². The van der Waals surface area contributed by atoms with Crippen LogP contribution < -0.4 is 0 Å². The van der Waals surface area contributed by atoms with E-state index < -0.39 is 0 Å². The van der Waals surface area contributed by atoms with Crippen molar-refractivity contribution in [1.29, 1.82) is 5.26 Å². The van der Waals surface area contributed by atoms with Crippen molar-refractivity contribution in [3.63, 3.8) is 0 Å². The number of furan rings is 2. The van der Waals surface area contributed by atoms with Gasteiger partial charge in [-0.05, 0) is 58.1 Å². The number of para-hydroxylation sites is 2. The summed E-state index contributed by atoms with van der Waals surface area (Å²) >= 11 is 0. The fourth-order valence-corrected chi connectivity index (χ4v) is 5.71. The molecule has 0 N–H and O–H groups in total. The molecule has 0 saturated heterocycles. The maximum Gasteiger partial charge on any atom is 0.147 e. The maximum atomic E-state index is 9.06. The van der Waals surface area contributed by atoms with Crippen LogP contribution in [0.15, 0.2) is 136 Å². The molecule has 0 atom stereocenters. The minimum absolute atomic E-state index is 0.667. The molecular formula is C37H21NO2. The Kier molecular flexibility index (Phi) is 4.89. The quantitative estimate of drug-likeness (QED) is 0.237. The van der Waals surface area contributed by atoms with Gasteiger partial charge in [0.25, 0.3) is 0 Å². The summed E-state index contributed by atoms with van der Waals surface area (Å²) in [6.07, 6.45) is 0. The smallest absolute Gasteiger partial charge is 0.147 e. The molecule has 0 spiro atoms. The van der Waals surface area contributed by atoms with Gasteiger partial charge in [0.15, 0.2) is 0 Å². The van der Waals surface area contributed by atoms with Gasteiger partial charge < -0.3 is 8.83 Å². The van der Waals surface area contributed by atoms with Gasteiger partial charge in [-0.15, -0.1) is 0 Å². The second kappa shape index (κ2) is 8.73. The molecule has 0 aliphatic heterocycles. The van der Waals surface area contributed by atoms with Crippen LogP contribution in [0.2, 0.25) is 0 Å². The fraction of sp³-hybridized carbons (Fsp3) is 0. The molecule has 6 aromatic carbocycles. The Hall–Kier alpha value is -5.59. The van der Waals surface area contributed by atoms with Gasteiger partial charge >= 0.3 is 0 Å². The number of fused-ring (bicyclic) bond motifs is 7. The molecule has 0 amide bonds. The average molecular weight is 512 g/mol. The zero-order valence-electron chi connectivity index (χ0n) is 21.4. The zero-order valence-corrected chi connectivity index (χ0v) is 21.4. The van der Waals surface area contributed by atoms with Gasteiger partial charge in [-0.3, -0.25) is 0 Å². The van der Waals surface area contributed by atoms with E-state index in [2.05, 4.69) is 78.9 Å². The third-order valence-corrected chi connectivity index (χ3v) is 7.75. The van der Waals surface area contributed by atoms with Gasteiger partial charge in [0.1, 0.15) is 22.3 Å². The summed E-state index contributed by atoms with van der Waals surface area (Å²) in [5.74, 6) is 0. The number of rotatable bonds is 3. The van der Waals surface area contributed by atoms with Crippen LogP contribution in [0.25, 0.3) is 77.3 Å². The van der Waals surface area contributed by atoms with Crippen molar-refractivity contribution in [3.8, 4) is 39.4 Å². The van der Waals surface area contributed by atoms with Crippen LogP contribution in [0.3, 0.4) is 0 Å². The number of hydrogen-bond donors (Lipinski definition) is 0. The molecule has 2 aromatic heterocycles. The van der Waals surface area contributed by atoms with Gasteiger partial charge in [0, 0.05) is 21.7 Å². The first-order valence-electron chi connectivity index (χ1n) is 13.2. The first-order chi connectivity index (χ1) is 19.8. The van der Waals surface area contributed by atoms with Gasteiger partial charge in [-0.1, -0.05) is 97.1 Å². The van der Waals surface area contributed by atoms with E-state index in [9.17, 15) is 0 Å². The Morgan fingerprint density at radius 2 is 0.925 bits per heavy atom. The topological polar surface area (TPSA) is 50.1 Å². The van der Waals surface area contributed by atoms with E-state index in [0.717, 1.165) is 77.3 Å². The highest BCUT2D eigenvalue weighted by Gasteiger charge is 2.20. The Bertz CT molecular complexity index is 2240. The molecule has 2 heterocycles. The molecule has 0 unspecified atom stereocenters. The molecule has 0 aliphatic carbocycles. The molecule has 0 radical (unpaired) electrons. The minimum Gasteiger partial charge on any atom is -0.455 e. The van der Waals surface area contributed by atoms with Gasteiger partial charge in [-0.2, -0.15) is 5.26 Å². The summed E-state index contributed by atoms with van der Waals surface area (Å²) in [5.41, 5.74) is 10.8. The lowest BCUT2D eigenvalue weighted by atomic mass is 9.96. The van der Waals surface area contributed by atoms with Gasteiger partial charge in [0.05, 0.1) is 17.0 Å². The Morgan fingerprint density at radius 3 is 1.52 bits per heavy atom. The van der Waals surface area contributed by atoms with Crippen LogP contribution >= 0.6 is 0 Å². The molecule has 186 valence electrons. The lowest BCUT2D eigenvalue weighted by Gasteiger charge is -2.08. The summed E-state index contributed by atoms with van der Waals surface area (Å²) in [4.78, 5) is 0. The lowest BCUT2D eigenvalue weighted by Crippen LogP contribution is -1.83. The lowest BCUT2D eigenvalue weighted by molar-refractivity contribution is 0.663. The van der Waals surface area contributed by atoms with Crippen molar-refractivity contribution in [1.82, 2.24) is 0 Å². The molecule has 0 fully saturated rings. The highest BCUT2D eigenvalue weighted by Crippen LogP contribution is 2.44. The van der Waals surface area contributed by atoms with Gasteiger partial charge in [0.2, 0.25) is 0 Å². The zero-order chi connectivity index (χ0) is 26.6. The van der Waals surface area contributed by atoms with Crippen molar-refractivity contribution < 1.29 is 8.83 Å². The van der Waals surface area contributed by atoms with Crippen LogP contribution in [0.4, 0.5) is 0 Å². The molecule has 3 heteroatoms. The van der Waals surface area contributed by atoms with E-state index in [1.165, 1.54) is 0 Å². The summed E-state index contributed by atoms with van der Waals surface area (Å²) in [6, 6.07) is 45.6. The number of benzene rings is 6. The fourth-order valence-electron chi connectivity index (χ4n) is 5.71. The minimum atomic E-state index is 0.667. The standard InChI is InChI=1S/C37H21NO2/c38-22-23-9-11-24(12-10-23)25-13-15-26(16-14-25)27-17-19-28(20-18-27)31-21-32-29-5-1-3-7-33(29)39-37(32)35-30-6-2-4-8-34(30)40-36(31)35/h1-21H. The van der Waals surface area contributed by atoms with Crippen molar-refractivity contribution in [2.24, 2.45) is 0 Å². The van der Waals surface area contributed by atoms with E-state index in [1.54, 1.807) is 0 Å². The van der Waals surface area contributed by atoms with Gasteiger partial charge in [-0.25, -0.2) is 0 Å². The Balaban J connectivity index is 1.23. The summed E-state index contributed by atoms with van der Waals surface area (Å²) < 4.78 is 12.8. The van der Waals surface area contributed by atoms with Crippen LogP contribution in [0, 0.1) is 11.3 Å². The summed E-state index contributed by atoms with van der Waals surface area (Å²) in [5, 5.41) is 13.3. The van der Waals surface area contributed by atoms with E-state index in [4.69, 9.17) is 14.1 Å². The van der Waals surface area contributed by atoms with Crippen molar-refractivity contribution in [2.75, 3.05) is 0 Å². The monoisotopic (exact) mass is 511 g/mol. The molecule has 0 bridgehead atoms. The molecule has 40 heavy (non-hydrogen) atoms. The molecule has 8 rings (SSSR count). The molecule has 3 nitrogen and oxygen atoms in total. The summed E-state index contributed by atoms with van der Waals surface area (Å²) in [7, 11) is 0. The van der Waals surface area contributed by atoms with Crippen LogP contribution in [-0.2, 0) is 0 Å². The third-order valence-electron chi connectivity index (χ3n) is 7.75. The predicted octanol–water partition coefficient (Wildman–Crippen LogP) is 10.4.